The molecule has 0 atom stereocenters. The van der Waals surface area contributed by atoms with Crippen LogP contribution in [0.4, 0.5) is 0 Å². The van der Waals surface area contributed by atoms with Crippen molar-refractivity contribution in [1.82, 2.24) is 0 Å². The highest BCUT2D eigenvalue weighted by Gasteiger charge is 1.98. The normalized spacial score (nSPS) is 13.3. The van der Waals surface area contributed by atoms with Crippen LogP contribution < -0.4 is 0 Å². The summed E-state index contributed by atoms with van der Waals surface area (Å²) in [5.41, 5.74) is 3.40. The van der Waals surface area contributed by atoms with Crippen molar-refractivity contribution >= 4 is 5.71 Å². The van der Waals surface area contributed by atoms with Gasteiger partial charge in [-0.3, -0.25) is 4.99 Å². The fourth-order valence-electron chi connectivity index (χ4n) is 1.52. The molecule has 0 aliphatic rings. The summed E-state index contributed by atoms with van der Waals surface area (Å²) < 4.78 is 0. The molecular formula is C18H29N. The smallest absolute Gasteiger partial charge is 0.0369 e. The van der Waals surface area contributed by atoms with Crippen LogP contribution in [0.15, 0.2) is 53.7 Å². The zero-order valence-corrected chi connectivity index (χ0v) is 13.1. The Hall–Kier alpha value is -1.37. The summed E-state index contributed by atoms with van der Waals surface area (Å²) in [5, 5.41) is 0. The number of hydrogen-bond donors (Lipinski definition) is 0. The van der Waals surface area contributed by atoms with Crippen molar-refractivity contribution in [2.24, 2.45) is 10.9 Å². The molecular weight excluding hydrogens is 230 g/mol. The summed E-state index contributed by atoms with van der Waals surface area (Å²) in [6.45, 7) is 16.3. The minimum atomic E-state index is 0.488. The lowest BCUT2D eigenvalue weighted by molar-refractivity contribution is 0.797. The van der Waals surface area contributed by atoms with Gasteiger partial charge in [-0.05, 0) is 31.3 Å². The Kier molecular flexibility index (Phi) is 9.78. The van der Waals surface area contributed by atoms with Crippen LogP contribution in [0.3, 0.4) is 0 Å². The van der Waals surface area contributed by atoms with Gasteiger partial charge in [0.15, 0.2) is 0 Å². The number of allylic oxidation sites excluding steroid dienone is 5. The summed E-state index contributed by atoms with van der Waals surface area (Å²) >= 11 is 0. The van der Waals surface area contributed by atoms with E-state index in [0.29, 0.717) is 5.92 Å². The number of aliphatic imine (C=N–C) groups is 1. The molecule has 0 N–H and O–H groups in total. The molecule has 1 heteroatoms. The van der Waals surface area contributed by atoms with E-state index in [1.165, 1.54) is 18.4 Å². The molecule has 0 saturated carbocycles. The lowest BCUT2D eigenvalue weighted by atomic mass is 10.1. The van der Waals surface area contributed by atoms with Gasteiger partial charge in [0, 0.05) is 17.8 Å². The maximum Gasteiger partial charge on any atom is 0.0369 e. The van der Waals surface area contributed by atoms with Crippen molar-refractivity contribution in [3.63, 3.8) is 0 Å². The molecule has 106 valence electrons. The highest BCUT2D eigenvalue weighted by Crippen LogP contribution is 2.12. The van der Waals surface area contributed by atoms with Gasteiger partial charge in [0.1, 0.15) is 0 Å². The minimum Gasteiger partial charge on any atom is -0.263 e. The number of unbranched alkanes of at least 4 members (excludes halogenated alkanes) is 1. The Bertz CT molecular complexity index is 367. The van der Waals surface area contributed by atoms with Crippen LogP contribution in [0.1, 0.15) is 53.4 Å². The van der Waals surface area contributed by atoms with Crippen LogP contribution in [-0.2, 0) is 0 Å². The fourth-order valence-corrected chi connectivity index (χ4v) is 1.52. The lowest BCUT2D eigenvalue weighted by Crippen LogP contribution is -2.01. The minimum absolute atomic E-state index is 0.488. The van der Waals surface area contributed by atoms with Crippen molar-refractivity contribution in [3.8, 4) is 0 Å². The first-order valence-corrected chi connectivity index (χ1v) is 7.22. The van der Waals surface area contributed by atoms with E-state index in [1.807, 2.05) is 6.08 Å². The highest BCUT2D eigenvalue weighted by molar-refractivity contribution is 5.84. The monoisotopic (exact) mass is 259 g/mol. The van der Waals surface area contributed by atoms with Crippen molar-refractivity contribution in [3.05, 3.63) is 48.7 Å². The second-order valence-electron chi connectivity index (χ2n) is 5.16. The van der Waals surface area contributed by atoms with Crippen molar-refractivity contribution in [2.75, 3.05) is 0 Å². The first kappa shape index (κ1) is 17.6. The van der Waals surface area contributed by atoms with E-state index < -0.39 is 0 Å². The molecule has 0 saturated heterocycles. The molecule has 0 aromatic carbocycles. The summed E-state index contributed by atoms with van der Waals surface area (Å²) in [5.74, 6) is 0.488. The lowest BCUT2D eigenvalue weighted by Gasteiger charge is -2.04. The van der Waals surface area contributed by atoms with Gasteiger partial charge in [0.05, 0.1) is 0 Å². The van der Waals surface area contributed by atoms with E-state index in [1.54, 1.807) is 0 Å². The average Bonchev–Trinajstić information content (AvgIpc) is 2.35. The molecule has 0 rings (SSSR count). The van der Waals surface area contributed by atoms with Gasteiger partial charge < -0.3 is 0 Å². The third-order valence-electron chi connectivity index (χ3n) is 3.01. The number of nitrogens with zero attached hydrogens (tertiary/aromatic N) is 1. The quantitative estimate of drug-likeness (QED) is 0.363. The van der Waals surface area contributed by atoms with Crippen LogP contribution in [0.25, 0.3) is 0 Å². The molecule has 0 amide bonds. The molecule has 0 aliphatic heterocycles. The van der Waals surface area contributed by atoms with Gasteiger partial charge in [0.2, 0.25) is 0 Å². The Morgan fingerprint density at radius 2 is 2.00 bits per heavy atom. The third-order valence-corrected chi connectivity index (χ3v) is 3.01. The van der Waals surface area contributed by atoms with Gasteiger partial charge in [0.25, 0.3) is 0 Å². The van der Waals surface area contributed by atoms with Crippen LogP contribution in [-0.4, -0.2) is 5.71 Å². The maximum absolute atomic E-state index is 4.51. The van der Waals surface area contributed by atoms with Gasteiger partial charge in [-0.25, -0.2) is 0 Å². The molecule has 0 bridgehead atoms. The Labute approximate surface area is 119 Å². The van der Waals surface area contributed by atoms with Crippen LogP contribution in [0, 0.1) is 5.92 Å². The molecule has 1 nitrogen and oxygen atoms in total. The first-order chi connectivity index (χ1) is 9.01. The zero-order valence-electron chi connectivity index (χ0n) is 13.1. The summed E-state index contributed by atoms with van der Waals surface area (Å²) in [6, 6.07) is 0. The van der Waals surface area contributed by atoms with Gasteiger partial charge in [-0.1, -0.05) is 64.7 Å². The van der Waals surface area contributed by atoms with Crippen molar-refractivity contribution in [1.29, 1.82) is 0 Å². The average molecular weight is 259 g/mol. The zero-order chi connectivity index (χ0) is 14.7. The molecule has 0 aromatic rings. The fraction of sp³-hybridized carbons (Fsp3) is 0.500. The molecule has 0 aliphatic carbocycles. The van der Waals surface area contributed by atoms with Crippen LogP contribution in [0.5, 0.6) is 0 Å². The molecule has 0 spiro atoms. The summed E-state index contributed by atoms with van der Waals surface area (Å²) in [6.07, 6.45) is 12.6. The number of hydrogen-bond acceptors (Lipinski definition) is 1. The predicted octanol–water partition coefficient (Wildman–Crippen LogP) is 5.87. The van der Waals surface area contributed by atoms with Gasteiger partial charge in [-0.2, -0.15) is 0 Å². The van der Waals surface area contributed by atoms with E-state index in [2.05, 4.69) is 64.1 Å². The molecule has 0 aromatic heterocycles. The SMILES string of the molecule is C=C/C=C(\C=C/CC(=C)/N=C(\C)C(C)C)CCCC. The van der Waals surface area contributed by atoms with Gasteiger partial charge >= 0.3 is 0 Å². The van der Waals surface area contributed by atoms with Crippen LogP contribution in [0.2, 0.25) is 0 Å². The number of rotatable bonds is 9. The second-order valence-corrected chi connectivity index (χ2v) is 5.16. The predicted molar refractivity (Wildman–Crippen MR) is 88.6 cm³/mol. The topological polar surface area (TPSA) is 12.4 Å². The summed E-state index contributed by atoms with van der Waals surface area (Å²) in [4.78, 5) is 4.51. The van der Waals surface area contributed by atoms with Crippen molar-refractivity contribution in [2.45, 2.75) is 53.4 Å². The first-order valence-electron chi connectivity index (χ1n) is 7.22. The third kappa shape index (κ3) is 9.24. The van der Waals surface area contributed by atoms with Crippen LogP contribution >= 0.6 is 0 Å². The largest absolute Gasteiger partial charge is 0.263 e. The van der Waals surface area contributed by atoms with Gasteiger partial charge in [-0.15, -0.1) is 0 Å². The van der Waals surface area contributed by atoms with E-state index in [0.717, 1.165) is 24.3 Å². The highest BCUT2D eigenvalue weighted by atomic mass is 14.7. The van der Waals surface area contributed by atoms with E-state index in [9.17, 15) is 0 Å². The molecule has 19 heavy (non-hydrogen) atoms. The van der Waals surface area contributed by atoms with Crippen molar-refractivity contribution < 1.29 is 0 Å². The Morgan fingerprint density at radius 1 is 1.32 bits per heavy atom. The summed E-state index contributed by atoms with van der Waals surface area (Å²) in [7, 11) is 0. The molecule has 0 radical (unpaired) electrons. The van der Waals surface area contributed by atoms with E-state index in [-0.39, 0.29) is 0 Å². The maximum atomic E-state index is 4.51. The van der Waals surface area contributed by atoms with E-state index >= 15 is 0 Å². The Morgan fingerprint density at radius 3 is 2.53 bits per heavy atom. The second kappa shape index (κ2) is 10.5. The Balaban J connectivity index is 4.39. The molecule has 0 unspecified atom stereocenters. The molecule has 0 heterocycles. The standard InChI is InChI=1S/C18H29N/c1-7-9-13-18(11-8-2)14-10-12-16(5)19-17(6)15(3)4/h8,10-11,14-15H,2,5,7,9,12-13H2,1,3-4,6H3/b14-10-,18-11-,19-17+. The van der Waals surface area contributed by atoms with E-state index in [4.69, 9.17) is 0 Å². The molecule has 0 fully saturated rings.